The van der Waals surface area contributed by atoms with Gasteiger partial charge < -0.3 is 27.2 Å². The third-order valence-electron chi connectivity index (χ3n) is 4.96. The van der Waals surface area contributed by atoms with Crippen LogP contribution in [0.5, 0.6) is 0 Å². The molecule has 0 saturated carbocycles. The van der Waals surface area contributed by atoms with Crippen molar-refractivity contribution in [2.75, 3.05) is 13.1 Å². The highest BCUT2D eigenvalue weighted by atomic mass is 16.3. The molecule has 1 aromatic rings. The van der Waals surface area contributed by atoms with E-state index in [1.807, 2.05) is 30.3 Å². The Kier molecular flexibility index (Phi) is 11.2. The predicted molar refractivity (Wildman–Crippen MR) is 116 cm³/mol. The molecule has 168 valence electrons. The van der Waals surface area contributed by atoms with Crippen LogP contribution in [-0.2, 0) is 20.8 Å². The van der Waals surface area contributed by atoms with Gasteiger partial charge in [0.05, 0.1) is 12.1 Å². The van der Waals surface area contributed by atoms with Crippen LogP contribution in [0.3, 0.4) is 0 Å². The van der Waals surface area contributed by atoms with E-state index in [1.54, 1.807) is 13.8 Å². The van der Waals surface area contributed by atoms with Gasteiger partial charge in [0.2, 0.25) is 11.8 Å². The highest BCUT2D eigenvalue weighted by Crippen LogP contribution is 2.13. The smallest absolute Gasteiger partial charge is 0.245 e. The first-order valence-corrected chi connectivity index (χ1v) is 10.5. The maximum absolute atomic E-state index is 12.9. The molecule has 0 fully saturated rings. The lowest BCUT2D eigenvalue weighted by Crippen LogP contribution is -2.57. The molecular formula is C22H36N4O4. The number of carbonyl (C=O) groups is 3. The number of hydrogen-bond donors (Lipinski definition) is 5. The Morgan fingerprint density at radius 3 is 2.03 bits per heavy atom. The Bertz CT molecular complexity index is 679. The van der Waals surface area contributed by atoms with E-state index in [0.29, 0.717) is 19.4 Å². The van der Waals surface area contributed by atoms with Gasteiger partial charge in [-0.3, -0.25) is 14.4 Å². The van der Waals surface area contributed by atoms with Crippen molar-refractivity contribution < 1.29 is 19.5 Å². The van der Waals surface area contributed by atoms with E-state index >= 15 is 0 Å². The maximum Gasteiger partial charge on any atom is 0.245 e. The van der Waals surface area contributed by atoms with Gasteiger partial charge in [-0.05, 0) is 44.8 Å². The Balaban J connectivity index is 2.89. The Labute approximate surface area is 178 Å². The van der Waals surface area contributed by atoms with Crippen molar-refractivity contribution in [2.45, 2.75) is 58.2 Å². The van der Waals surface area contributed by atoms with Gasteiger partial charge in [-0.15, -0.1) is 0 Å². The van der Waals surface area contributed by atoms with Crippen LogP contribution in [0.1, 0.15) is 39.2 Å². The van der Waals surface area contributed by atoms with Crippen molar-refractivity contribution >= 4 is 17.6 Å². The van der Waals surface area contributed by atoms with Crippen LogP contribution >= 0.6 is 0 Å². The molecule has 1 aromatic carbocycles. The average molecular weight is 421 g/mol. The summed E-state index contributed by atoms with van der Waals surface area (Å²) in [4.78, 5) is 38.0. The lowest BCUT2D eigenvalue weighted by Gasteiger charge is -2.26. The molecule has 0 aliphatic carbocycles. The molecule has 0 aliphatic rings. The zero-order valence-corrected chi connectivity index (χ0v) is 18.1. The predicted octanol–water partition coefficient (Wildman–Crippen LogP) is 0.118. The summed E-state index contributed by atoms with van der Waals surface area (Å²) in [5.41, 5.74) is 12.2. The number of ketones is 1. The summed E-state index contributed by atoms with van der Waals surface area (Å²) in [6, 6.07) is 7.57. The number of Topliss-reactive ketones (excluding diaryl/α,β-unsaturated/α-hetero) is 1. The topological polar surface area (TPSA) is 148 Å². The quantitative estimate of drug-likeness (QED) is 0.306. The van der Waals surface area contributed by atoms with Crippen molar-refractivity contribution in [2.24, 2.45) is 23.3 Å². The molecular weight excluding hydrogens is 384 g/mol. The van der Waals surface area contributed by atoms with Gasteiger partial charge in [-0.2, -0.15) is 0 Å². The fourth-order valence-electron chi connectivity index (χ4n) is 3.22. The van der Waals surface area contributed by atoms with E-state index in [1.165, 1.54) is 6.92 Å². The van der Waals surface area contributed by atoms with E-state index in [2.05, 4.69) is 10.6 Å². The molecule has 0 aliphatic heterocycles. The summed E-state index contributed by atoms with van der Waals surface area (Å²) >= 11 is 0. The number of aliphatic hydroxyl groups is 1. The van der Waals surface area contributed by atoms with Gasteiger partial charge in [-0.25, -0.2) is 0 Å². The van der Waals surface area contributed by atoms with Gasteiger partial charge >= 0.3 is 0 Å². The lowest BCUT2D eigenvalue weighted by molar-refractivity contribution is -0.135. The number of amides is 2. The summed E-state index contributed by atoms with van der Waals surface area (Å²) < 4.78 is 0. The normalized spacial score (nSPS) is 15.2. The van der Waals surface area contributed by atoms with E-state index < -0.39 is 30.0 Å². The standard InChI is InChI=1S/C22H36N4O4/c1-14(2)20(28)18(10-12-24)25-22(30)19(15(3)27)26-21(29)17(9-11-23)13-16-7-5-4-6-8-16/h4-8,14-15,17-19,27H,9-13,23-24H2,1-3H3,(H,25,30)(H,26,29)/t15?,17?,18-,19-/m0/s1. The van der Waals surface area contributed by atoms with Crippen LogP contribution in [0.25, 0.3) is 0 Å². The van der Waals surface area contributed by atoms with E-state index in [-0.39, 0.29) is 30.6 Å². The molecule has 2 unspecified atom stereocenters. The average Bonchev–Trinajstić information content (AvgIpc) is 2.70. The van der Waals surface area contributed by atoms with Gasteiger partial charge in [0, 0.05) is 11.8 Å². The summed E-state index contributed by atoms with van der Waals surface area (Å²) in [5, 5.41) is 15.4. The summed E-state index contributed by atoms with van der Waals surface area (Å²) in [5.74, 6) is -1.84. The number of carbonyl (C=O) groups excluding carboxylic acids is 3. The molecule has 0 radical (unpaired) electrons. The van der Waals surface area contributed by atoms with Crippen molar-refractivity contribution in [3.05, 3.63) is 35.9 Å². The zero-order chi connectivity index (χ0) is 22.7. The van der Waals surface area contributed by atoms with Gasteiger partial charge in [-0.1, -0.05) is 44.2 Å². The fourth-order valence-corrected chi connectivity index (χ4v) is 3.22. The molecule has 8 heteroatoms. The van der Waals surface area contributed by atoms with E-state index in [4.69, 9.17) is 11.5 Å². The minimum Gasteiger partial charge on any atom is -0.391 e. The highest BCUT2D eigenvalue weighted by molar-refractivity contribution is 5.94. The summed E-state index contributed by atoms with van der Waals surface area (Å²) in [7, 11) is 0. The number of benzene rings is 1. The molecule has 1 rings (SSSR count). The van der Waals surface area contributed by atoms with Crippen LogP contribution < -0.4 is 22.1 Å². The Morgan fingerprint density at radius 2 is 1.53 bits per heavy atom. The van der Waals surface area contributed by atoms with Crippen LogP contribution in [0.4, 0.5) is 0 Å². The van der Waals surface area contributed by atoms with Crippen molar-refractivity contribution in [1.82, 2.24) is 10.6 Å². The van der Waals surface area contributed by atoms with Gasteiger partial charge in [0.1, 0.15) is 6.04 Å². The third-order valence-corrected chi connectivity index (χ3v) is 4.96. The second-order valence-corrected chi connectivity index (χ2v) is 7.89. The first-order valence-electron chi connectivity index (χ1n) is 10.5. The molecule has 4 atom stereocenters. The molecule has 0 saturated heterocycles. The molecule has 7 N–H and O–H groups in total. The molecule has 0 spiro atoms. The highest BCUT2D eigenvalue weighted by Gasteiger charge is 2.31. The van der Waals surface area contributed by atoms with Crippen LogP contribution in [0, 0.1) is 11.8 Å². The SMILES string of the molecule is CC(C)C(=O)[C@H](CCN)NC(=O)[C@@H](NC(=O)C(CCN)Cc1ccccc1)C(C)O. The fraction of sp³-hybridized carbons (Fsp3) is 0.591. The zero-order valence-electron chi connectivity index (χ0n) is 18.1. The van der Waals surface area contributed by atoms with Crippen molar-refractivity contribution in [3.8, 4) is 0 Å². The minimum absolute atomic E-state index is 0.144. The minimum atomic E-state index is -1.19. The van der Waals surface area contributed by atoms with Gasteiger partial charge in [0.25, 0.3) is 0 Å². The van der Waals surface area contributed by atoms with Crippen LogP contribution in [-0.4, -0.2) is 54.0 Å². The first-order chi connectivity index (χ1) is 14.2. The molecule has 0 bridgehead atoms. The molecule has 0 heterocycles. The number of nitrogens with one attached hydrogen (secondary N) is 2. The van der Waals surface area contributed by atoms with Crippen LogP contribution in [0.2, 0.25) is 0 Å². The van der Waals surface area contributed by atoms with Crippen molar-refractivity contribution in [1.29, 1.82) is 0 Å². The molecule has 8 nitrogen and oxygen atoms in total. The van der Waals surface area contributed by atoms with Crippen molar-refractivity contribution in [3.63, 3.8) is 0 Å². The first kappa shape index (κ1) is 25.7. The van der Waals surface area contributed by atoms with Crippen LogP contribution in [0.15, 0.2) is 30.3 Å². The lowest BCUT2D eigenvalue weighted by atomic mass is 9.94. The monoisotopic (exact) mass is 420 g/mol. The number of hydrogen-bond acceptors (Lipinski definition) is 6. The van der Waals surface area contributed by atoms with E-state index in [0.717, 1.165) is 5.56 Å². The summed E-state index contributed by atoms with van der Waals surface area (Å²) in [6.45, 7) is 5.45. The molecule has 0 aromatic heterocycles. The van der Waals surface area contributed by atoms with E-state index in [9.17, 15) is 19.5 Å². The molecule has 2 amide bonds. The summed E-state index contributed by atoms with van der Waals surface area (Å²) in [6.07, 6.45) is 0.0558. The second kappa shape index (κ2) is 13.1. The number of rotatable bonds is 13. The number of aliphatic hydroxyl groups excluding tert-OH is 1. The maximum atomic E-state index is 12.9. The number of nitrogens with two attached hydrogens (primary N) is 2. The third kappa shape index (κ3) is 8.22. The molecule has 30 heavy (non-hydrogen) atoms. The second-order valence-electron chi connectivity index (χ2n) is 7.89. The largest absolute Gasteiger partial charge is 0.391 e. The van der Waals surface area contributed by atoms with Gasteiger partial charge in [0.15, 0.2) is 5.78 Å². The Hall–Kier alpha value is -2.29. The Morgan fingerprint density at radius 1 is 0.933 bits per heavy atom.